The number of hydrogen-bond acceptors (Lipinski definition) is 5. The maximum atomic E-state index is 12.1. The van der Waals surface area contributed by atoms with Crippen molar-refractivity contribution in [1.82, 2.24) is 20.5 Å². The minimum Gasteiger partial charge on any atom is -0.317 e. The first-order valence-corrected chi connectivity index (χ1v) is 12.4. The molecule has 5 rings (SSSR count). The van der Waals surface area contributed by atoms with Gasteiger partial charge in [0.15, 0.2) is 0 Å². The van der Waals surface area contributed by atoms with Crippen LogP contribution < -0.4 is 10.6 Å². The summed E-state index contributed by atoms with van der Waals surface area (Å²) >= 11 is 0. The van der Waals surface area contributed by atoms with Crippen LogP contribution in [0.5, 0.6) is 0 Å². The number of pyridine rings is 1. The first-order chi connectivity index (χ1) is 15.1. The van der Waals surface area contributed by atoms with E-state index in [1.807, 2.05) is 26.1 Å². The van der Waals surface area contributed by atoms with E-state index in [0.29, 0.717) is 24.2 Å². The summed E-state index contributed by atoms with van der Waals surface area (Å²) in [7, 11) is 0. The Bertz CT molecular complexity index is 756. The molecule has 3 aliphatic heterocycles. The molecule has 2 N–H and O–H groups in total. The number of piperidine rings is 3. The maximum Gasteiger partial charge on any atom is 0.234 e. The van der Waals surface area contributed by atoms with Crippen LogP contribution in [0.4, 0.5) is 0 Å². The first-order valence-electron chi connectivity index (χ1n) is 12.4. The molecule has 1 atom stereocenters. The van der Waals surface area contributed by atoms with Gasteiger partial charge >= 0.3 is 0 Å². The molecule has 170 valence electrons. The van der Waals surface area contributed by atoms with Gasteiger partial charge in [-0.2, -0.15) is 0 Å². The summed E-state index contributed by atoms with van der Waals surface area (Å²) in [6, 6.07) is 4.95. The molecule has 4 aliphatic rings. The number of amides is 2. The minimum absolute atomic E-state index is 0.167. The van der Waals surface area contributed by atoms with Crippen molar-refractivity contribution in [3.63, 3.8) is 0 Å². The first kappa shape index (κ1) is 22.4. The quantitative estimate of drug-likeness (QED) is 0.725. The SMILES string of the molecule is CC.O=C1CCC(c2ccc(C3CCN(C4CC5(CCNCC5)C4)CC3)nc2)C(=O)N1. The second-order valence-corrected chi connectivity index (χ2v) is 9.64. The summed E-state index contributed by atoms with van der Waals surface area (Å²) in [4.78, 5) is 30.9. The zero-order valence-electron chi connectivity index (χ0n) is 19.2. The Morgan fingerprint density at radius 1 is 1.03 bits per heavy atom. The summed E-state index contributed by atoms with van der Waals surface area (Å²) < 4.78 is 0. The van der Waals surface area contributed by atoms with Gasteiger partial charge in [-0.15, -0.1) is 0 Å². The highest BCUT2D eigenvalue weighted by atomic mass is 16.2. The van der Waals surface area contributed by atoms with Crippen molar-refractivity contribution in [2.45, 2.75) is 83.1 Å². The summed E-state index contributed by atoms with van der Waals surface area (Å²) in [5, 5.41) is 5.94. The second kappa shape index (κ2) is 9.78. The largest absolute Gasteiger partial charge is 0.317 e. The third-order valence-electron chi connectivity index (χ3n) is 7.92. The molecular formula is C25H38N4O2. The van der Waals surface area contributed by atoms with Gasteiger partial charge in [-0.1, -0.05) is 19.9 Å². The van der Waals surface area contributed by atoms with Gasteiger partial charge in [0.25, 0.3) is 0 Å². The lowest BCUT2D eigenvalue weighted by atomic mass is 9.60. The molecule has 1 spiro atoms. The highest BCUT2D eigenvalue weighted by molar-refractivity contribution is 6.00. The molecule has 1 aliphatic carbocycles. The van der Waals surface area contributed by atoms with Crippen molar-refractivity contribution in [3.8, 4) is 0 Å². The number of nitrogens with zero attached hydrogens (tertiary/aromatic N) is 2. The van der Waals surface area contributed by atoms with Crippen LogP contribution in [-0.2, 0) is 9.59 Å². The lowest BCUT2D eigenvalue weighted by Crippen LogP contribution is -2.55. The van der Waals surface area contributed by atoms with Crippen molar-refractivity contribution >= 4 is 11.8 Å². The zero-order chi connectivity index (χ0) is 21.8. The van der Waals surface area contributed by atoms with Gasteiger partial charge in [0.1, 0.15) is 0 Å². The van der Waals surface area contributed by atoms with Gasteiger partial charge in [0, 0.05) is 30.3 Å². The molecule has 1 aromatic heterocycles. The number of carbonyl (C=O) groups is 2. The van der Waals surface area contributed by atoms with Crippen molar-refractivity contribution < 1.29 is 9.59 Å². The molecule has 2 amide bonds. The zero-order valence-corrected chi connectivity index (χ0v) is 19.2. The van der Waals surface area contributed by atoms with Crippen molar-refractivity contribution in [1.29, 1.82) is 0 Å². The summed E-state index contributed by atoms with van der Waals surface area (Å²) in [5.41, 5.74) is 2.74. The van der Waals surface area contributed by atoms with Gasteiger partial charge in [0.2, 0.25) is 11.8 Å². The number of nitrogens with one attached hydrogen (secondary N) is 2. The molecule has 0 radical (unpaired) electrons. The summed E-state index contributed by atoms with van der Waals surface area (Å²) in [6.07, 6.45) is 10.7. The lowest BCUT2D eigenvalue weighted by Gasteiger charge is -2.55. The molecule has 0 bridgehead atoms. The van der Waals surface area contributed by atoms with Crippen LogP contribution in [0.3, 0.4) is 0 Å². The number of rotatable bonds is 3. The molecule has 1 saturated carbocycles. The number of likely N-dealkylation sites (tertiary alicyclic amines) is 1. The van der Waals surface area contributed by atoms with E-state index in [1.54, 1.807) is 0 Å². The lowest BCUT2D eigenvalue weighted by molar-refractivity contribution is -0.134. The average molecular weight is 427 g/mol. The number of aromatic nitrogens is 1. The van der Waals surface area contributed by atoms with Crippen molar-refractivity contribution in [3.05, 3.63) is 29.6 Å². The molecule has 4 fully saturated rings. The van der Waals surface area contributed by atoms with E-state index in [0.717, 1.165) is 17.3 Å². The predicted octanol–water partition coefficient (Wildman–Crippen LogP) is 3.34. The maximum absolute atomic E-state index is 12.1. The Kier molecular flexibility index (Phi) is 7.07. The Balaban J connectivity index is 0.00000112. The Labute approximate surface area is 186 Å². The van der Waals surface area contributed by atoms with E-state index >= 15 is 0 Å². The highest BCUT2D eigenvalue weighted by Gasteiger charge is 2.47. The number of carbonyl (C=O) groups excluding carboxylic acids is 2. The van der Waals surface area contributed by atoms with E-state index < -0.39 is 0 Å². The van der Waals surface area contributed by atoms with Gasteiger partial charge in [0.05, 0.1) is 5.92 Å². The third-order valence-corrected chi connectivity index (χ3v) is 7.92. The average Bonchev–Trinajstić information content (AvgIpc) is 2.80. The fourth-order valence-electron chi connectivity index (χ4n) is 6.00. The van der Waals surface area contributed by atoms with E-state index in [4.69, 9.17) is 4.98 Å². The smallest absolute Gasteiger partial charge is 0.234 e. The number of imide groups is 1. The molecule has 3 saturated heterocycles. The molecule has 0 aromatic carbocycles. The van der Waals surface area contributed by atoms with Gasteiger partial charge < -0.3 is 10.2 Å². The molecular weight excluding hydrogens is 388 g/mol. The predicted molar refractivity (Wildman–Crippen MR) is 122 cm³/mol. The van der Waals surface area contributed by atoms with Crippen LogP contribution in [0.1, 0.15) is 88.3 Å². The Morgan fingerprint density at radius 2 is 1.74 bits per heavy atom. The highest BCUT2D eigenvalue weighted by Crippen LogP contribution is 2.50. The fraction of sp³-hybridized carbons (Fsp3) is 0.720. The summed E-state index contributed by atoms with van der Waals surface area (Å²) in [5.74, 6) is -0.0664. The van der Waals surface area contributed by atoms with E-state index in [1.165, 1.54) is 64.7 Å². The monoisotopic (exact) mass is 426 g/mol. The van der Waals surface area contributed by atoms with Crippen LogP contribution in [0.2, 0.25) is 0 Å². The van der Waals surface area contributed by atoms with Gasteiger partial charge in [-0.05, 0) is 88.2 Å². The standard InChI is InChI=1S/C23H32N4O2.C2H6/c28-21-4-2-19(22(29)26-21)17-1-3-20(25-15-17)16-5-11-27(12-6-16)18-13-23(14-18)7-9-24-10-8-23;1-2/h1,3,15-16,18-19,24H,2,4-14H2,(H,26,28,29);1-2H3. The third kappa shape index (κ3) is 4.85. The van der Waals surface area contributed by atoms with E-state index in [2.05, 4.69) is 21.6 Å². The fourth-order valence-corrected chi connectivity index (χ4v) is 6.00. The Hall–Kier alpha value is -1.79. The van der Waals surface area contributed by atoms with Crippen molar-refractivity contribution in [2.75, 3.05) is 26.2 Å². The molecule has 6 heteroatoms. The molecule has 1 aromatic rings. The van der Waals surface area contributed by atoms with E-state index in [-0.39, 0.29) is 17.7 Å². The molecule has 4 heterocycles. The molecule has 6 nitrogen and oxygen atoms in total. The van der Waals surface area contributed by atoms with Gasteiger partial charge in [-0.25, -0.2) is 0 Å². The van der Waals surface area contributed by atoms with Crippen LogP contribution in [0.15, 0.2) is 18.3 Å². The van der Waals surface area contributed by atoms with Crippen molar-refractivity contribution in [2.24, 2.45) is 5.41 Å². The minimum atomic E-state index is -0.239. The molecule has 31 heavy (non-hydrogen) atoms. The van der Waals surface area contributed by atoms with Crippen LogP contribution >= 0.6 is 0 Å². The molecule has 1 unspecified atom stereocenters. The van der Waals surface area contributed by atoms with Gasteiger partial charge in [-0.3, -0.25) is 19.9 Å². The van der Waals surface area contributed by atoms with Crippen LogP contribution in [-0.4, -0.2) is 53.9 Å². The van der Waals surface area contributed by atoms with E-state index in [9.17, 15) is 9.59 Å². The topological polar surface area (TPSA) is 74.3 Å². The summed E-state index contributed by atoms with van der Waals surface area (Å²) in [6.45, 7) is 8.77. The number of hydrogen-bond donors (Lipinski definition) is 2. The van der Waals surface area contributed by atoms with Crippen LogP contribution in [0.25, 0.3) is 0 Å². The Morgan fingerprint density at radius 3 is 2.35 bits per heavy atom. The normalized spacial score (nSPS) is 27.2. The van der Waals surface area contributed by atoms with Crippen LogP contribution in [0, 0.1) is 5.41 Å². The second-order valence-electron chi connectivity index (χ2n) is 9.64.